The minimum Gasteiger partial charge on any atom is -0.481 e. The fourth-order valence-corrected chi connectivity index (χ4v) is 2.23. The smallest absolute Gasteiger partial charge is 0.305 e. The maximum absolute atomic E-state index is 12.0. The van der Waals surface area contributed by atoms with Crippen LogP contribution in [0.5, 0.6) is 0 Å². The van der Waals surface area contributed by atoms with Gasteiger partial charge in [-0.3, -0.25) is 9.59 Å². The molecule has 6 heteroatoms. The first kappa shape index (κ1) is 15.8. The predicted octanol–water partition coefficient (Wildman–Crippen LogP) is 2.79. The molecule has 0 aromatic carbocycles. The number of carbonyl (C=O) groups is 2. The molecular formula is C13H19BrN2O3. The largest absolute Gasteiger partial charge is 0.481 e. The summed E-state index contributed by atoms with van der Waals surface area (Å²) >= 11 is 3.25. The summed E-state index contributed by atoms with van der Waals surface area (Å²) in [6.45, 7) is 6.04. The maximum atomic E-state index is 12.0. The lowest BCUT2D eigenvalue weighted by atomic mass is 9.87. The van der Waals surface area contributed by atoms with Gasteiger partial charge in [-0.1, -0.05) is 20.8 Å². The van der Waals surface area contributed by atoms with E-state index in [9.17, 15) is 9.59 Å². The summed E-state index contributed by atoms with van der Waals surface area (Å²) in [6.07, 6.45) is 2.18. The zero-order chi connectivity index (χ0) is 14.6. The van der Waals surface area contributed by atoms with E-state index in [-0.39, 0.29) is 23.8 Å². The Kier molecular flexibility index (Phi) is 5.17. The lowest BCUT2D eigenvalue weighted by molar-refractivity contribution is -0.137. The van der Waals surface area contributed by atoms with Crippen LogP contribution < -0.4 is 5.32 Å². The molecule has 5 nitrogen and oxygen atoms in total. The highest BCUT2D eigenvalue weighted by molar-refractivity contribution is 9.10. The number of hydrogen-bond acceptors (Lipinski definition) is 2. The third-order valence-corrected chi connectivity index (χ3v) is 2.97. The lowest BCUT2D eigenvalue weighted by Gasteiger charge is -2.25. The van der Waals surface area contributed by atoms with Crippen LogP contribution in [0.1, 0.15) is 44.1 Å². The van der Waals surface area contributed by atoms with Gasteiger partial charge in [-0.25, -0.2) is 0 Å². The van der Waals surface area contributed by atoms with Crippen LogP contribution in [0.4, 0.5) is 0 Å². The Balaban J connectivity index is 2.71. The standard InChI is InChI=1S/C13H19BrN2O3/c1-13(2,3)6-9(5-11(17)18)16-12(19)10-4-8(14)7-15-10/h4,7,9,15H,5-6H2,1-3H3,(H,16,19)(H,17,18). The Bertz CT molecular complexity index is 463. The molecule has 3 N–H and O–H groups in total. The zero-order valence-corrected chi connectivity index (χ0v) is 12.9. The SMILES string of the molecule is CC(C)(C)CC(CC(=O)O)NC(=O)c1cc(Br)c[nH]1. The van der Waals surface area contributed by atoms with Crippen molar-refractivity contribution in [1.82, 2.24) is 10.3 Å². The average Bonchev–Trinajstić information content (AvgIpc) is 2.60. The summed E-state index contributed by atoms with van der Waals surface area (Å²) in [6, 6.07) is 1.27. The van der Waals surface area contributed by atoms with Crippen molar-refractivity contribution in [2.45, 2.75) is 39.7 Å². The number of carboxylic acid groups (broad SMARTS) is 1. The zero-order valence-electron chi connectivity index (χ0n) is 11.3. The van der Waals surface area contributed by atoms with Gasteiger partial charge in [0.25, 0.3) is 5.91 Å². The molecule has 19 heavy (non-hydrogen) atoms. The van der Waals surface area contributed by atoms with Gasteiger partial charge in [0.1, 0.15) is 5.69 Å². The average molecular weight is 331 g/mol. The summed E-state index contributed by atoms with van der Waals surface area (Å²) in [5.41, 5.74) is 0.361. The molecule has 0 aliphatic carbocycles. The molecule has 0 aliphatic rings. The van der Waals surface area contributed by atoms with Gasteiger partial charge in [-0.2, -0.15) is 0 Å². The van der Waals surface area contributed by atoms with Gasteiger partial charge in [-0.15, -0.1) is 0 Å². The third kappa shape index (κ3) is 5.92. The maximum Gasteiger partial charge on any atom is 0.305 e. The molecule has 1 unspecified atom stereocenters. The van der Waals surface area contributed by atoms with E-state index in [0.717, 1.165) is 4.47 Å². The van der Waals surface area contributed by atoms with Crippen LogP contribution in [0.2, 0.25) is 0 Å². The van der Waals surface area contributed by atoms with E-state index in [4.69, 9.17) is 5.11 Å². The minimum atomic E-state index is -0.915. The Morgan fingerprint density at radius 3 is 2.53 bits per heavy atom. The Morgan fingerprint density at radius 1 is 1.47 bits per heavy atom. The lowest BCUT2D eigenvalue weighted by Crippen LogP contribution is -2.39. The second-order valence-corrected chi connectivity index (χ2v) is 6.68. The van der Waals surface area contributed by atoms with Crippen molar-refractivity contribution in [1.29, 1.82) is 0 Å². The molecule has 1 rings (SSSR count). The van der Waals surface area contributed by atoms with E-state index in [2.05, 4.69) is 26.2 Å². The van der Waals surface area contributed by atoms with Crippen LogP contribution >= 0.6 is 15.9 Å². The number of carbonyl (C=O) groups excluding carboxylic acids is 1. The van der Waals surface area contributed by atoms with Crippen LogP contribution in [0.25, 0.3) is 0 Å². The quantitative estimate of drug-likeness (QED) is 0.776. The number of halogens is 1. The molecule has 1 heterocycles. The molecule has 0 saturated heterocycles. The van der Waals surface area contributed by atoms with Gasteiger partial charge in [0.2, 0.25) is 0 Å². The fraction of sp³-hybridized carbons (Fsp3) is 0.538. The highest BCUT2D eigenvalue weighted by Crippen LogP contribution is 2.22. The molecule has 0 fully saturated rings. The highest BCUT2D eigenvalue weighted by Gasteiger charge is 2.23. The van der Waals surface area contributed by atoms with Gasteiger partial charge in [0.15, 0.2) is 0 Å². The number of carboxylic acids is 1. The molecule has 1 amide bonds. The van der Waals surface area contributed by atoms with Gasteiger partial charge in [-0.05, 0) is 33.8 Å². The number of aromatic amines is 1. The second kappa shape index (κ2) is 6.23. The van der Waals surface area contributed by atoms with Gasteiger partial charge >= 0.3 is 5.97 Å². The van der Waals surface area contributed by atoms with Crippen LogP contribution in [0.15, 0.2) is 16.7 Å². The first-order chi connectivity index (χ1) is 8.67. The monoisotopic (exact) mass is 330 g/mol. The Labute approximate surface area is 120 Å². The van der Waals surface area contributed by atoms with Crippen molar-refractivity contribution in [3.8, 4) is 0 Å². The van der Waals surface area contributed by atoms with E-state index in [1.54, 1.807) is 12.3 Å². The van der Waals surface area contributed by atoms with E-state index in [1.165, 1.54) is 0 Å². The molecule has 1 atom stereocenters. The third-order valence-electron chi connectivity index (χ3n) is 2.51. The minimum absolute atomic E-state index is 0.0519. The van der Waals surface area contributed by atoms with E-state index in [0.29, 0.717) is 12.1 Å². The number of rotatable bonds is 5. The molecule has 1 aromatic heterocycles. The van der Waals surface area contributed by atoms with Crippen molar-refractivity contribution in [2.24, 2.45) is 5.41 Å². The van der Waals surface area contributed by atoms with Crippen molar-refractivity contribution in [2.75, 3.05) is 0 Å². The summed E-state index contributed by atoms with van der Waals surface area (Å²) in [7, 11) is 0. The number of amides is 1. The molecule has 0 bridgehead atoms. The predicted molar refractivity (Wildman–Crippen MR) is 76.1 cm³/mol. The summed E-state index contributed by atoms with van der Waals surface area (Å²) in [5.74, 6) is -1.21. The molecular weight excluding hydrogens is 312 g/mol. The molecule has 0 aliphatic heterocycles. The van der Waals surface area contributed by atoms with E-state index >= 15 is 0 Å². The topological polar surface area (TPSA) is 82.2 Å². The second-order valence-electron chi connectivity index (χ2n) is 5.76. The molecule has 1 aromatic rings. The van der Waals surface area contributed by atoms with Crippen LogP contribution in [-0.4, -0.2) is 28.0 Å². The van der Waals surface area contributed by atoms with Crippen LogP contribution in [-0.2, 0) is 4.79 Å². The number of aromatic nitrogens is 1. The number of H-pyrrole nitrogens is 1. The molecule has 106 valence electrons. The van der Waals surface area contributed by atoms with Crippen LogP contribution in [0, 0.1) is 5.41 Å². The summed E-state index contributed by atoms with van der Waals surface area (Å²) in [4.78, 5) is 25.7. The Morgan fingerprint density at radius 2 is 2.11 bits per heavy atom. The number of aliphatic carboxylic acids is 1. The van der Waals surface area contributed by atoms with Crippen molar-refractivity contribution >= 4 is 27.8 Å². The van der Waals surface area contributed by atoms with Gasteiger partial charge < -0.3 is 15.4 Å². The number of nitrogens with one attached hydrogen (secondary N) is 2. The van der Waals surface area contributed by atoms with E-state index < -0.39 is 5.97 Å². The fourth-order valence-electron chi connectivity index (χ4n) is 1.89. The molecule has 0 saturated carbocycles. The van der Waals surface area contributed by atoms with E-state index in [1.807, 2.05) is 20.8 Å². The first-order valence-electron chi connectivity index (χ1n) is 6.04. The Hall–Kier alpha value is -1.30. The summed E-state index contributed by atoms with van der Waals surface area (Å²) in [5, 5.41) is 11.7. The van der Waals surface area contributed by atoms with Crippen molar-refractivity contribution in [3.63, 3.8) is 0 Å². The number of hydrogen-bond donors (Lipinski definition) is 3. The van der Waals surface area contributed by atoms with Crippen molar-refractivity contribution < 1.29 is 14.7 Å². The normalized spacial score (nSPS) is 13.1. The first-order valence-corrected chi connectivity index (χ1v) is 6.83. The summed E-state index contributed by atoms with van der Waals surface area (Å²) < 4.78 is 0.781. The van der Waals surface area contributed by atoms with Gasteiger partial charge in [0.05, 0.1) is 6.42 Å². The molecule has 0 radical (unpaired) electrons. The highest BCUT2D eigenvalue weighted by atomic mass is 79.9. The van der Waals surface area contributed by atoms with Crippen LogP contribution in [0.3, 0.4) is 0 Å². The molecule has 0 spiro atoms. The van der Waals surface area contributed by atoms with Gasteiger partial charge in [0, 0.05) is 16.7 Å². The van der Waals surface area contributed by atoms with Crippen molar-refractivity contribution in [3.05, 3.63) is 22.4 Å².